The van der Waals surface area contributed by atoms with Crippen molar-refractivity contribution in [2.45, 2.75) is 31.8 Å². The Bertz CT molecular complexity index is 906. The molecule has 1 saturated heterocycles. The maximum Gasteiger partial charge on any atom is 0.344 e. The number of aromatic amines is 1. The molecular formula is C18H20N2O7. The van der Waals surface area contributed by atoms with E-state index in [-0.39, 0.29) is 19.6 Å². The van der Waals surface area contributed by atoms with Crippen molar-refractivity contribution < 1.29 is 24.1 Å². The van der Waals surface area contributed by atoms with Gasteiger partial charge in [0.1, 0.15) is 24.7 Å². The van der Waals surface area contributed by atoms with Gasteiger partial charge in [-0.3, -0.25) is 14.3 Å². The van der Waals surface area contributed by atoms with Crippen LogP contribution in [0, 0.1) is 6.92 Å². The Kier molecular flexibility index (Phi) is 5.72. The fourth-order valence-corrected chi connectivity index (χ4v) is 2.71. The molecule has 2 N–H and O–H groups in total. The van der Waals surface area contributed by atoms with E-state index in [1.54, 1.807) is 31.2 Å². The number of benzene rings is 1. The van der Waals surface area contributed by atoms with Crippen LogP contribution in [0.5, 0.6) is 5.75 Å². The largest absolute Gasteiger partial charge is 0.482 e. The fraction of sp³-hybridized carbons (Fsp3) is 0.389. The van der Waals surface area contributed by atoms with Gasteiger partial charge in [0.2, 0.25) is 0 Å². The molecule has 144 valence electrons. The molecule has 1 aromatic heterocycles. The molecule has 3 atom stereocenters. The topological polar surface area (TPSA) is 120 Å². The number of aryl methyl sites for hydroxylation is 1. The van der Waals surface area contributed by atoms with Crippen LogP contribution in [-0.4, -0.2) is 46.0 Å². The van der Waals surface area contributed by atoms with Crippen molar-refractivity contribution in [3.8, 4) is 5.75 Å². The van der Waals surface area contributed by atoms with Gasteiger partial charge in [0.15, 0.2) is 6.61 Å². The second kappa shape index (κ2) is 8.19. The molecule has 2 heterocycles. The third-order valence-corrected chi connectivity index (χ3v) is 4.17. The van der Waals surface area contributed by atoms with Gasteiger partial charge in [-0.2, -0.15) is 0 Å². The van der Waals surface area contributed by atoms with Crippen molar-refractivity contribution in [2.75, 3.05) is 13.2 Å². The number of nitrogens with zero attached hydrogens (tertiary/aromatic N) is 1. The van der Waals surface area contributed by atoms with E-state index in [1.165, 1.54) is 10.8 Å². The highest BCUT2D eigenvalue weighted by Crippen LogP contribution is 2.27. The van der Waals surface area contributed by atoms with Crippen molar-refractivity contribution in [3.63, 3.8) is 0 Å². The SMILES string of the molecule is Cc1cn([C@H]2C[C@H](O)[C@@H](COC(=O)COc3ccccc3)O2)c(=O)[nH]c1=O. The predicted molar refractivity (Wildman–Crippen MR) is 93.5 cm³/mol. The highest BCUT2D eigenvalue weighted by Gasteiger charge is 2.36. The van der Waals surface area contributed by atoms with Crippen LogP contribution in [0.4, 0.5) is 0 Å². The van der Waals surface area contributed by atoms with Crippen molar-refractivity contribution in [1.82, 2.24) is 9.55 Å². The molecule has 1 aromatic carbocycles. The van der Waals surface area contributed by atoms with E-state index in [1.807, 2.05) is 6.07 Å². The van der Waals surface area contributed by atoms with E-state index < -0.39 is 35.7 Å². The van der Waals surface area contributed by atoms with E-state index in [2.05, 4.69) is 4.98 Å². The Morgan fingerprint density at radius 2 is 2.07 bits per heavy atom. The molecule has 2 aromatic rings. The van der Waals surface area contributed by atoms with Crippen molar-refractivity contribution in [1.29, 1.82) is 0 Å². The highest BCUT2D eigenvalue weighted by molar-refractivity contribution is 5.71. The van der Waals surface area contributed by atoms with Gasteiger partial charge in [-0.1, -0.05) is 18.2 Å². The molecule has 0 bridgehead atoms. The normalized spacial score (nSPS) is 21.8. The van der Waals surface area contributed by atoms with Crippen LogP contribution >= 0.6 is 0 Å². The predicted octanol–water partition coefficient (Wildman–Crippen LogP) is 0.116. The van der Waals surface area contributed by atoms with E-state index in [0.717, 1.165) is 0 Å². The van der Waals surface area contributed by atoms with Crippen LogP contribution in [0.3, 0.4) is 0 Å². The molecule has 0 amide bonds. The number of carbonyl (C=O) groups excluding carboxylic acids is 1. The van der Waals surface area contributed by atoms with Crippen molar-refractivity contribution in [2.24, 2.45) is 0 Å². The number of nitrogens with one attached hydrogen (secondary N) is 1. The van der Waals surface area contributed by atoms with Gasteiger partial charge in [0, 0.05) is 18.2 Å². The molecule has 0 spiro atoms. The number of aromatic nitrogens is 2. The zero-order valence-corrected chi connectivity index (χ0v) is 14.7. The molecule has 9 nitrogen and oxygen atoms in total. The average molecular weight is 376 g/mol. The first-order valence-corrected chi connectivity index (χ1v) is 8.43. The molecule has 0 aliphatic carbocycles. The highest BCUT2D eigenvalue weighted by atomic mass is 16.6. The smallest absolute Gasteiger partial charge is 0.344 e. The Balaban J connectivity index is 1.53. The monoisotopic (exact) mass is 376 g/mol. The molecule has 1 aliphatic rings. The van der Waals surface area contributed by atoms with Gasteiger partial charge in [0.05, 0.1) is 6.10 Å². The minimum atomic E-state index is -0.919. The number of para-hydroxylation sites is 1. The Hall–Kier alpha value is -2.91. The zero-order chi connectivity index (χ0) is 19.4. The molecule has 0 saturated carbocycles. The number of aliphatic hydroxyl groups is 1. The summed E-state index contributed by atoms with van der Waals surface area (Å²) < 4.78 is 17.2. The van der Waals surface area contributed by atoms with E-state index in [9.17, 15) is 19.5 Å². The number of aliphatic hydroxyl groups excluding tert-OH is 1. The fourth-order valence-electron chi connectivity index (χ4n) is 2.71. The van der Waals surface area contributed by atoms with Crippen LogP contribution in [0.15, 0.2) is 46.1 Å². The van der Waals surface area contributed by atoms with Gasteiger partial charge in [-0.15, -0.1) is 0 Å². The first-order valence-electron chi connectivity index (χ1n) is 8.43. The lowest BCUT2D eigenvalue weighted by Gasteiger charge is -2.16. The van der Waals surface area contributed by atoms with Crippen LogP contribution in [0.25, 0.3) is 0 Å². The Labute approximate surface area is 154 Å². The number of carbonyl (C=O) groups is 1. The maximum atomic E-state index is 11.9. The summed E-state index contributed by atoms with van der Waals surface area (Å²) >= 11 is 0. The third-order valence-electron chi connectivity index (χ3n) is 4.17. The zero-order valence-electron chi connectivity index (χ0n) is 14.7. The number of ether oxygens (including phenoxy) is 3. The molecular weight excluding hydrogens is 356 g/mol. The summed E-state index contributed by atoms with van der Waals surface area (Å²) in [5, 5.41) is 10.1. The Morgan fingerprint density at radius 1 is 1.33 bits per heavy atom. The summed E-state index contributed by atoms with van der Waals surface area (Å²) in [4.78, 5) is 37.3. The minimum Gasteiger partial charge on any atom is -0.482 e. The lowest BCUT2D eigenvalue weighted by molar-refractivity contribution is -0.152. The lowest BCUT2D eigenvalue weighted by atomic mass is 10.2. The molecule has 9 heteroatoms. The van der Waals surface area contributed by atoms with E-state index in [0.29, 0.717) is 11.3 Å². The van der Waals surface area contributed by atoms with Gasteiger partial charge in [0.25, 0.3) is 5.56 Å². The minimum absolute atomic E-state index is 0.133. The first-order chi connectivity index (χ1) is 12.9. The summed E-state index contributed by atoms with van der Waals surface area (Å²) in [5.74, 6) is -0.0605. The maximum absolute atomic E-state index is 11.9. The number of rotatable bonds is 6. The molecule has 27 heavy (non-hydrogen) atoms. The summed E-state index contributed by atoms with van der Waals surface area (Å²) in [7, 11) is 0. The van der Waals surface area contributed by atoms with E-state index >= 15 is 0 Å². The summed E-state index contributed by atoms with van der Waals surface area (Å²) in [6, 6.07) is 8.82. The third kappa shape index (κ3) is 4.63. The van der Waals surface area contributed by atoms with Crippen LogP contribution in [0.2, 0.25) is 0 Å². The summed E-state index contributed by atoms with van der Waals surface area (Å²) in [6.07, 6.45) is -0.950. The number of H-pyrrole nitrogens is 1. The van der Waals surface area contributed by atoms with Crippen LogP contribution in [0.1, 0.15) is 18.2 Å². The van der Waals surface area contributed by atoms with Gasteiger partial charge in [-0.05, 0) is 19.1 Å². The lowest BCUT2D eigenvalue weighted by Crippen LogP contribution is -2.33. The standard InChI is InChI=1S/C18H20N2O7/c1-11-8-20(18(24)19-17(11)23)15-7-13(21)14(27-15)9-26-16(22)10-25-12-5-3-2-4-6-12/h2-6,8,13-15,21H,7,9-10H2,1H3,(H,19,23,24)/t13-,14+,15+/m0/s1. The number of hydrogen-bond acceptors (Lipinski definition) is 7. The second-order valence-electron chi connectivity index (χ2n) is 6.20. The number of esters is 1. The Morgan fingerprint density at radius 3 is 2.81 bits per heavy atom. The molecule has 0 radical (unpaired) electrons. The molecule has 0 unspecified atom stereocenters. The summed E-state index contributed by atoms with van der Waals surface area (Å²) in [5.41, 5.74) is -0.754. The van der Waals surface area contributed by atoms with Crippen molar-refractivity contribution >= 4 is 5.97 Å². The van der Waals surface area contributed by atoms with Crippen LogP contribution in [-0.2, 0) is 14.3 Å². The molecule has 3 rings (SSSR count). The molecule has 1 aliphatic heterocycles. The quantitative estimate of drug-likeness (QED) is 0.687. The van der Waals surface area contributed by atoms with Crippen molar-refractivity contribution in [3.05, 3.63) is 62.9 Å². The number of hydrogen-bond donors (Lipinski definition) is 2. The average Bonchev–Trinajstić information content (AvgIpc) is 3.02. The van der Waals surface area contributed by atoms with Gasteiger partial charge < -0.3 is 19.3 Å². The molecule has 1 fully saturated rings. The van der Waals surface area contributed by atoms with Crippen LogP contribution < -0.4 is 16.0 Å². The van der Waals surface area contributed by atoms with Gasteiger partial charge in [-0.25, -0.2) is 9.59 Å². The first kappa shape index (κ1) is 18.9. The van der Waals surface area contributed by atoms with Gasteiger partial charge >= 0.3 is 11.7 Å². The van der Waals surface area contributed by atoms with E-state index in [4.69, 9.17) is 14.2 Å². The second-order valence-corrected chi connectivity index (χ2v) is 6.20. The summed E-state index contributed by atoms with van der Waals surface area (Å²) in [6.45, 7) is 1.12.